The molecule has 0 aromatic carbocycles. The second-order valence-corrected chi connectivity index (χ2v) is 4.21. The molecule has 1 atom stereocenters. The van der Waals surface area contributed by atoms with E-state index in [1.165, 1.54) is 5.56 Å². The molecule has 0 fully saturated rings. The molecule has 1 N–H and O–H groups in total. The van der Waals surface area contributed by atoms with Gasteiger partial charge in [0, 0.05) is 24.8 Å². The molecule has 0 saturated heterocycles. The van der Waals surface area contributed by atoms with Crippen LogP contribution in [-0.2, 0) is 7.05 Å². The average molecular weight is 195 g/mol. The highest BCUT2D eigenvalue weighted by Crippen LogP contribution is 2.15. The molecule has 0 amide bonds. The molecule has 80 valence electrons. The average Bonchev–Trinajstić information content (AvgIpc) is 2.53. The Morgan fingerprint density at radius 1 is 1.50 bits per heavy atom. The fourth-order valence-electron chi connectivity index (χ4n) is 1.50. The van der Waals surface area contributed by atoms with Crippen molar-refractivity contribution in [2.24, 2.45) is 13.0 Å². The van der Waals surface area contributed by atoms with Gasteiger partial charge in [-0.1, -0.05) is 20.8 Å². The molecule has 1 unspecified atom stereocenters. The molecule has 14 heavy (non-hydrogen) atoms. The smallest absolute Gasteiger partial charge is 0.0537 e. The van der Waals surface area contributed by atoms with Crippen molar-refractivity contribution in [1.82, 2.24) is 15.1 Å². The number of hydrogen-bond acceptors (Lipinski definition) is 2. The lowest BCUT2D eigenvalue weighted by Crippen LogP contribution is -2.24. The van der Waals surface area contributed by atoms with Gasteiger partial charge in [-0.15, -0.1) is 0 Å². The monoisotopic (exact) mass is 195 g/mol. The predicted molar refractivity (Wildman–Crippen MR) is 59.1 cm³/mol. The highest BCUT2D eigenvalue weighted by Gasteiger charge is 2.10. The fraction of sp³-hybridized carbons (Fsp3) is 0.727. The van der Waals surface area contributed by atoms with E-state index in [9.17, 15) is 0 Å². The summed E-state index contributed by atoms with van der Waals surface area (Å²) in [5.74, 6) is 0.695. The Bertz CT molecular complexity index is 265. The van der Waals surface area contributed by atoms with Crippen LogP contribution in [0.15, 0.2) is 12.4 Å². The summed E-state index contributed by atoms with van der Waals surface area (Å²) in [5.41, 5.74) is 1.29. The Kier molecular flexibility index (Phi) is 4.14. The molecule has 3 heteroatoms. The molecule has 0 saturated carbocycles. The normalized spacial score (nSPS) is 13.5. The third-order valence-electron chi connectivity index (χ3n) is 2.31. The molecule has 0 aliphatic carbocycles. The first-order valence-electron chi connectivity index (χ1n) is 5.35. The minimum absolute atomic E-state index is 0.450. The van der Waals surface area contributed by atoms with Crippen LogP contribution in [0.3, 0.4) is 0 Å². The molecule has 0 aliphatic heterocycles. The zero-order chi connectivity index (χ0) is 10.6. The van der Waals surface area contributed by atoms with Crippen molar-refractivity contribution in [1.29, 1.82) is 0 Å². The highest BCUT2D eigenvalue weighted by atomic mass is 15.2. The molecule has 0 spiro atoms. The van der Waals surface area contributed by atoms with Gasteiger partial charge in [-0.2, -0.15) is 5.10 Å². The molecular formula is C11H21N3. The molecule has 0 radical (unpaired) electrons. The van der Waals surface area contributed by atoms with Crippen LogP contribution in [0.4, 0.5) is 0 Å². The Labute approximate surface area is 86.5 Å². The van der Waals surface area contributed by atoms with Gasteiger partial charge in [0.05, 0.1) is 6.20 Å². The van der Waals surface area contributed by atoms with Crippen LogP contribution < -0.4 is 5.32 Å². The lowest BCUT2D eigenvalue weighted by molar-refractivity contribution is 0.464. The van der Waals surface area contributed by atoms with Crippen LogP contribution in [-0.4, -0.2) is 16.3 Å². The zero-order valence-electron chi connectivity index (χ0n) is 9.62. The van der Waals surface area contributed by atoms with Crippen molar-refractivity contribution < 1.29 is 0 Å². The summed E-state index contributed by atoms with van der Waals surface area (Å²) in [4.78, 5) is 0. The summed E-state index contributed by atoms with van der Waals surface area (Å²) in [6, 6.07) is 0.450. The quantitative estimate of drug-likeness (QED) is 0.780. The van der Waals surface area contributed by atoms with Crippen LogP contribution in [0.1, 0.15) is 38.8 Å². The molecule has 1 rings (SSSR count). The van der Waals surface area contributed by atoms with Crippen molar-refractivity contribution in [3.63, 3.8) is 0 Å². The summed E-state index contributed by atoms with van der Waals surface area (Å²) in [7, 11) is 1.96. The van der Waals surface area contributed by atoms with E-state index in [2.05, 4.69) is 37.4 Å². The second kappa shape index (κ2) is 5.15. The van der Waals surface area contributed by atoms with Crippen LogP contribution >= 0.6 is 0 Å². The molecule has 1 aromatic rings. The standard InChI is InChI=1S/C11H21N3/c1-5-11(12-6-9(2)3)10-7-13-14(4)8-10/h7-9,11-12H,5-6H2,1-4H3. The maximum atomic E-state index is 4.19. The molecule has 0 aliphatic rings. The van der Waals surface area contributed by atoms with Crippen LogP contribution in [0.25, 0.3) is 0 Å². The second-order valence-electron chi connectivity index (χ2n) is 4.21. The topological polar surface area (TPSA) is 29.9 Å². The zero-order valence-corrected chi connectivity index (χ0v) is 9.62. The van der Waals surface area contributed by atoms with Crippen molar-refractivity contribution >= 4 is 0 Å². The summed E-state index contributed by atoms with van der Waals surface area (Å²) in [6.07, 6.45) is 5.14. The van der Waals surface area contributed by atoms with Crippen molar-refractivity contribution in [2.45, 2.75) is 33.2 Å². The highest BCUT2D eigenvalue weighted by molar-refractivity contribution is 5.09. The van der Waals surface area contributed by atoms with Gasteiger partial charge in [0.15, 0.2) is 0 Å². The third kappa shape index (κ3) is 3.14. The van der Waals surface area contributed by atoms with Gasteiger partial charge in [0.1, 0.15) is 0 Å². The van der Waals surface area contributed by atoms with Gasteiger partial charge in [0.25, 0.3) is 0 Å². The number of nitrogens with one attached hydrogen (secondary N) is 1. The van der Waals surface area contributed by atoms with Gasteiger partial charge in [-0.3, -0.25) is 4.68 Å². The Balaban J connectivity index is 2.54. The van der Waals surface area contributed by atoms with E-state index in [0.29, 0.717) is 12.0 Å². The first-order valence-corrected chi connectivity index (χ1v) is 5.35. The SMILES string of the molecule is CCC(NCC(C)C)c1cnn(C)c1. The Hall–Kier alpha value is -0.830. The Morgan fingerprint density at radius 2 is 2.21 bits per heavy atom. The van der Waals surface area contributed by atoms with Crippen molar-refractivity contribution in [3.05, 3.63) is 18.0 Å². The molecule has 0 bridgehead atoms. The summed E-state index contributed by atoms with van der Waals surface area (Å²) >= 11 is 0. The fourth-order valence-corrected chi connectivity index (χ4v) is 1.50. The number of rotatable bonds is 5. The van der Waals surface area contributed by atoms with Gasteiger partial charge in [0.2, 0.25) is 0 Å². The Morgan fingerprint density at radius 3 is 2.64 bits per heavy atom. The van der Waals surface area contributed by atoms with Crippen LogP contribution in [0, 0.1) is 5.92 Å². The maximum Gasteiger partial charge on any atom is 0.0537 e. The molecule has 3 nitrogen and oxygen atoms in total. The van der Waals surface area contributed by atoms with E-state index in [-0.39, 0.29) is 0 Å². The first-order chi connectivity index (χ1) is 6.63. The van der Waals surface area contributed by atoms with E-state index in [1.54, 1.807) is 0 Å². The maximum absolute atomic E-state index is 4.19. The van der Waals surface area contributed by atoms with Gasteiger partial charge in [-0.25, -0.2) is 0 Å². The molecule has 1 aromatic heterocycles. The van der Waals surface area contributed by atoms with Crippen LogP contribution in [0.2, 0.25) is 0 Å². The predicted octanol–water partition coefficient (Wildman–Crippen LogP) is 2.12. The van der Waals surface area contributed by atoms with Gasteiger partial charge < -0.3 is 5.32 Å². The van der Waals surface area contributed by atoms with E-state index in [1.807, 2.05) is 17.9 Å². The molecular weight excluding hydrogens is 174 g/mol. The minimum atomic E-state index is 0.450. The summed E-state index contributed by atoms with van der Waals surface area (Å²) in [5, 5.41) is 7.73. The summed E-state index contributed by atoms with van der Waals surface area (Å²) in [6.45, 7) is 7.71. The van der Waals surface area contributed by atoms with Crippen molar-refractivity contribution in [2.75, 3.05) is 6.54 Å². The molecule has 1 heterocycles. The largest absolute Gasteiger partial charge is 0.310 e. The third-order valence-corrected chi connectivity index (χ3v) is 2.31. The number of nitrogens with zero attached hydrogens (tertiary/aromatic N) is 2. The van der Waals surface area contributed by atoms with E-state index >= 15 is 0 Å². The van der Waals surface area contributed by atoms with Gasteiger partial charge >= 0.3 is 0 Å². The minimum Gasteiger partial charge on any atom is -0.310 e. The number of aryl methyl sites for hydroxylation is 1. The number of aromatic nitrogens is 2. The van der Waals surface area contributed by atoms with Gasteiger partial charge in [-0.05, 0) is 18.9 Å². The number of hydrogen-bond donors (Lipinski definition) is 1. The van der Waals surface area contributed by atoms with E-state index in [0.717, 1.165) is 13.0 Å². The lowest BCUT2D eigenvalue weighted by Gasteiger charge is -2.16. The van der Waals surface area contributed by atoms with Crippen LogP contribution in [0.5, 0.6) is 0 Å². The van der Waals surface area contributed by atoms with E-state index in [4.69, 9.17) is 0 Å². The summed E-state index contributed by atoms with van der Waals surface area (Å²) < 4.78 is 1.86. The van der Waals surface area contributed by atoms with E-state index < -0.39 is 0 Å². The lowest BCUT2D eigenvalue weighted by atomic mass is 10.1. The van der Waals surface area contributed by atoms with Crippen molar-refractivity contribution in [3.8, 4) is 0 Å². The first kappa shape index (κ1) is 11.2.